The number of fused-ring (bicyclic) bond motifs is 2. The van der Waals surface area contributed by atoms with Crippen LogP contribution in [0.3, 0.4) is 0 Å². The van der Waals surface area contributed by atoms with Gasteiger partial charge < -0.3 is 25.8 Å². The molecule has 6 aliphatic heterocycles. The molecule has 3 atom stereocenters. The van der Waals surface area contributed by atoms with Crippen LogP contribution in [-0.4, -0.2) is 145 Å². The third kappa shape index (κ3) is 10.1. The lowest BCUT2D eigenvalue weighted by Gasteiger charge is -2.45. The van der Waals surface area contributed by atoms with Gasteiger partial charge in [0, 0.05) is 100 Å². The second kappa shape index (κ2) is 20.6. The van der Waals surface area contributed by atoms with Crippen LogP contribution in [0.2, 0.25) is 0 Å². The molecule has 16 nitrogen and oxygen atoms in total. The number of alkyl halides is 2. The summed E-state index contributed by atoms with van der Waals surface area (Å²) in [6.07, 6.45) is 6.92. The van der Waals surface area contributed by atoms with E-state index in [2.05, 4.69) is 20.5 Å². The fraction of sp³-hybridized carbons (Fsp3) is 0.551. The van der Waals surface area contributed by atoms with Gasteiger partial charge in [0.05, 0.1) is 17.7 Å². The van der Waals surface area contributed by atoms with Crippen molar-refractivity contribution in [2.45, 2.75) is 102 Å². The normalized spacial score (nSPS) is 23.6. The zero-order chi connectivity index (χ0) is 47.5. The maximum absolute atomic E-state index is 14.6. The van der Waals surface area contributed by atoms with Crippen LogP contribution in [0.5, 0.6) is 0 Å². The number of halogens is 2. The lowest BCUT2D eigenvalue weighted by molar-refractivity contribution is -0.136. The average molecular weight is 925 g/mol. The van der Waals surface area contributed by atoms with E-state index in [4.69, 9.17) is 5.73 Å². The number of nitrogens with zero attached hydrogens (tertiary/aromatic N) is 6. The van der Waals surface area contributed by atoms with Crippen LogP contribution in [0.1, 0.15) is 114 Å². The van der Waals surface area contributed by atoms with Crippen molar-refractivity contribution in [1.82, 2.24) is 30.2 Å². The molecule has 5 N–H and O–H groups in total. The smallest absolute Gasteiger partial charge is 0.264 e. The molecule has 2 aromatic carbocycles. The van der Waals surface area contributed by atoms with Crippen molar-refractivity contribution in [1.29, 1.82) is 5.41 Å². The van der Waals surface area contributed by atoms with Gasteiger partial charge in [-0.25, -0.2) is 8.78 Å². The molecule has 0 aromatic heterocycles. The average Bonchev–Trinajstić information content (AvgIpc) is 3.58. The molecule has 67 heavy (non-hydrogen) atoms. The van der Waals surface area contributed by atoms with E-state index in [9.17, 15) is 43.0 Å². The molecule has 6 amide bonds. The van der Waals surface area contributed by atoms with E-state index < -0.39 is 36.1 Å². The first-order valence-corrected chi connectivity index (χ1v) is 23.8. The quantitative estimate of drug-likeness (QED) is 0.137. The van der Waals surface area contributed by atoms with Gasteiger partial charge in [0.25, 0.3) is 18.2 Å². The van der Waals surface area contributed by atoms with Crippen molar-refractivity contribution in [3.05, 3.63) is 69.9 Å². The Morgan fingerprint density at radius 2 is 1.70 bits per heavy atom. The molecule has 6 heterocycles. The monoisotopic (exact) mass is 924 g/mol. The maximum atomic E-state index is 14.6. The van der Waals surface area contributed by atoms with Crippen LogP contribution in [0.15, 0.2) is 41.5 Å². The first kappa shape index (κ1) is 47.6. The summed E-state index contributed by atoms with van der Waals surface area (Å²) in [5.41, 5.74) is 9.26. The number of hydrogen-bond donors (Lipinski definition) is 4. The largest absolute Gasteiger partial charge is 0.404 e. The molecule has 4 saturated heterocycles. The second-order valence-electron chi connectivity index (χ2n) is 18.9. The van der Waals surface area contributed by atoms with Gasteiger partial charge in [0.15, 0.2) is 0 Å². The number of hydrogen-bond acceptors (Lipinski definition) is 11. The van der Waals surface area contributed by atoms with E-state index >= 15 is 0 Å². The van der Waals surface area contributed by atoms with Crippen LogP contribution in [0.25, 0.3) is 5.57 Å². The van der Waals surface area contributed by atoms with E-state index in [-0.39, 0.29) is 48.2 Å². The summed E-state index contributed by atoms with van der Waals surface area (Å²) in [6, 6.07) is 7.48. The number of rotatable bonds is 12. The highest BCUT2D eigenvalue weighted by molar-refractivity contribution is 6.24. The lowest BCUT2D eigenvalue weighted by atomic mass is 9.86. The van der Waals surface area contributed by atoms with Crippen molar-refractivity contribution >= 4 is 58.8 Å². The Hall–Kier alpha value is -5.88. The first-order valence-electron chi connectivity index (χ1n) is 23.8. The number of anilines is 1. The van der Waals surface area contributed by atoms with Crippen molar-refractivity contribution in [3.63, 3.8) is 0 Å². The molecule has 0 radical (unpaired) electrons. The maximum Gasteiger partial charge on any atom is 0.264 e. The number of carbonyl (C=O) groups is 6. The van der Waals surface area contributed by atoms with Gasteiger partial charge in [0.1, 0.15) is 11.9 Å². The minimum Gasteiger partial charge on any atom is -0.404 e. The zero-order valence-electron chi connectivity index (χ0n) is 38.4. The predicted molar refractivity (Wildman–Crippen MR) is 249 cm³/mol. The second-order valence-corrected chi connectivity index (χ2v) is 18.9. The molecule has 6 aliphatic rings. The first-order chi connectivity index (χ1) is 32.3. The highest BCUT2D eigenvalue weighted by Gasteiger charge is 2.46. The van der Waals surface area contributed by atoms with E-state index in [1.54, 1.807) is 30.1 Å². The molecule has 0 bridgehead atoms. The summed E-state index contributed by atoms with van der Waals surface area (Å²) in [5.74, 6) is -1.68. The fourth-order valence-corrected chi connectivity index (χ4v) is 11.1. The Balaban J connectivity index is 0.827. The van der Waals surface area contributed by atoms with E-state index in [0.29, 0.717) is 98.2 Å². The number of piperidine rings is 4. The number of imide groups is 2. The van der Waals surface area contributed by atoms with Gasteiger partial charge in [-0.15, -0.1) is 0 Å². The predicted octanol–water partition coefficient (Wildman–Crippen LogP) is 3.92. The zero-order valence-corrected chi connectivity index (χ0v) is 38.4. The number of nitrogens with two attached hydrogens (primary N) is 1. The SMILES string of the molecule is CN=CC(=CN)c1cc2c(cc1C(F)F)N(C(=N)C1CN(C(C)=O)CCC1NC1CCN(C(=O)CN3CCC(CCc4cccc5c4C(=O)N(C4CCC(=O)NC4=O)C5=O)CC3)CC1)CCC2. The number of amidine groups is 1. The topological polar surface area (TPSA) is 205 Å². The highest BCUT2D eigenvalue weighted by atomic mass is 19.3. The molecular weight excluding hydrogens is 863 g/mol. The van der Waals surface area contributed by atoms with Crippen LogP contribution < -0.4 is 21.3 Å². The molecule has 0 spiro atoms. The van der Waals surface area contributed by atoms with Crippen molar-refractivity contribution < 1.29 is 37.5 Å². The van der Waals surface area contributed by atoms with Crippen molar-refractivity contribution in [2.75, 3.05) is 64.3 Å². The van der Waals surface area contributed by atoms with Crippen LogP contribution in [0, 0.1) is 17.2 Å². The third-order valence-corrected chi connectivity index (χ3v) is 14.8. The molecule has 18 heteroatoms. The Bertz CT molecular complexity index is 2360. The number of nitrogens with one attached hydrogen (secondary N) is 3. The van der Waals surface area contributed by atoms with E-state index in [0.717, 1.165) is 67.6 Å². The number of benzene rings is 2. The number of likely N-dealkylation sites (tertiary alicyclic amines) is 3. The van der Waals surface area contributed by atoms with Crippen molar-refractivity contribution in [3.8, 4) is 0 Å². The van der Waals surface area contributed by atoms with Gasteiger partial charge in [0.2, 0.25) is 23.6 Å². The van der Waals surface area contributed by atoms with Crippen LogP contribution >= 0.6 is 0 Å². The molecule has 4 fully saturated rings. The molecule has 0 aliphatic carbocycles. The molecule has 2 aromatic rings. The van der Waals surface area contributed by atoms with Crippen LogP contribution in [-0.2, 0) is 32.0 Å². The van der Waals surface area contributed by atoms with Gasteiger partial charge in [-0.1, -0.05) is 12.1 Å². The van der Waals surface area contributed by atoms with Gasteiger partial charge in [-0.3, -0.25) is 54.3 Å². The summed E-state index contributed by atoms with van der Waals surface area (Å²) < 4.78 is 29.2. The molecule has 358 valence electrons. The summed E-state index contributed by atoms with van der Waals surface area (Å²) in [6.45, 7) is 6.03. The molecular formula is C49H62F2N10O6. The highest BCUT2D eigenvalue weighted by Crippen LogP contribution is 2.39. The van der Waals surface area contributed by atoms with Crippen molar-refractivity contribution in [2.24, 2.45) is 22.6 Å². The minimum atomic E-state index is -2.77. The lowest BCUT2D eigenvalue weighted by Crippen LogP contribution is -2.59. The van der Waals surface area contributed by atoms with E-state index in [1.807, 2.05) is 15.9 Å². The van der Waals surface area contributed by atoms with Gasteiger partial charge >= 0.3 is 0 Å². The summed E-state index contributed by atoms with van der Waals surface area (Å²) in [5, 5.41) is 15.7. The third-order valence-electron chi connectivity index (χ3n) is 14.8. The summed E-state index contributed by atoms with van der Waals surface area (Å²) in [4.78, 5) is 90.1. The number of allylic oxidation sites excluding steroid dienone is 1. The Morgan fingerprint density at radius 3 is 2.39 bits per heavy atom. The standard InChI is InChI=1S/C49H62F2N10O6/c1-29(62)59-22-16-39(38(27-59)46(53)60-17-4-6-32-23-36(33(25-52)26-54-2)37(45(50)51)24-41(32)60)55-34-14-20-58(21-15-34)43(64)28-57-18-12-30(13-19-57)8-9-31-5-3-7-35-44(31)49(67)61(48(35)66)40-10-11-42(63)56-47(40)65/h3,5,7,23-26,30,34,38-40,45,53,55H,4,6,8-22,27-28,52H2,1-2H3,(H,56,63,65). The number of carbonyl (C=O) groups excluding carboxylic acids is 6. The molecule has 8 rings (SSSR count). The fourth-order valence-electron chi connectivity index (χ4n) is 11.1. The number of aliphatic imine (C=N–C) groups is 1. The number of aryl methyl sites for hydroxylation is 2. The summed E-state index contributed by atoms with van der Waals surface area (Å²) >= 11 is 0. The van der Waals surface area contributed by atoms with E-state index in [1.165, 1.54) is 25.4 Å². The Labute approximate surface area is 389 Å². The summed E-state index contributed by atoms with van der Waals surface area (Å²) in [7, 11) is 1.56. The van der Waals surface area contributed by atoms with Crippen LogP contribution in [0.4, 0.5) is 14.5 Å². The molecule has 3 unspecified atom stereocenters. The molecule has 0 saturated carbocycles. The Kier molecular flexibility index (Phi) is 14.6. The minimum absolute atomic E-state index is 0.0669. The van der Waals surface area contributed by atoms with Gasteiger partial charge in [-0.05, 0) is 118 Å². The number of amides is 6. The Morgan fingerprint density at radius 1 is 0.955 bits per heavy atom. The van der Waals surface area contributed by atoms with Gasteiger partial charge in [-0.2, -0.15) is 0 Å².